The molecule has 0 atom stereocenters. The Morgan fingerprint density at radius 2 is 1.80 bits per heavy atom. The Morgan fingerprint density at radius 1 is 1.13 bits per heavy atom. The first-order chi connectivity index (χ1) is 6.83. The standard InChI is InChI=1S/C11H22N3.ClH/c1-3-4-5-6-7-8-9-14-11-10-13(2)12-14;/h10-11H,3-9H2,1-2H3;1H/q+1;/p-1. The molecule has 0 fully saturated rings. The quantitative estimate of drug-likeness (QED) is 0.439. The Bertz CT molecular complexity index is 248. The van der Waals surface area contributed by atoms with Gasteiger partial charge >= 0.3 is 0 Å². The van der Waals surface area contributed by atoms with Gasteiger partial charge in [0.2, 0.25) is 0 Å². The van der Waals surface area contributed by atoms with Crippen LogP contribution in [-0.4, -0.2) is 9.90 Å². The molecule has 0 unspecified atom stereocenters. The first-order valence-corrected chi connectivity index (χ1v) is 5.72. The van der Waals surface area contributed by atoms with Crippen molar-refractivity contribution >= 4 is 0 Å². The molecule has 1 heterocycles. The number of hydrogen-bond acceptors (Lipinski definition) is 1. The Hall–Kier alpha value is -0.570. The molecule has 1 rings (SSSR count). The van der Waals surface area contributed by atoms with E-state index in [1.54, 1.807) is 0 Å². The lowest BCUT2D eigenvalue weighted by atomic mass is 10.1. The van der Waals surface area contributed by atoms with Crippen molar-refractivity contribution in [2.24, 2.45) is 7.05 Å². The molecule has 0 aromatic carbocycles. The first kappa shape index (κ1) is 14.4. The van der Waals surface area contributed by atoms with Crippen LogP contribution in [0.3, 0.4) is 0 Å². The van der Waals surface area contributed by atoms with Crippen molar-refractivity contribution in [3.63, 3.8) is 0 Å². The van der Waals surface area contributed by atoms with Crippen molar-refractivity contribution in [3.05, 3.63) is 12.4 Å². The molecule has 0 amide bonds. The summed E-state index contributed by atoms with van der Waals surface area (Å²) in [6, 6.07) is 0. The van der Waals surface area contributed by atoms with Crippen molar-refractivity contribution in [1.82, 2.24) is 9.90 Å². The van der Waals surface area contributed by atoms with E-state index in [9.17, 15) is 0 Å². The summed E-state index contributed by atoms with van der Waals surface area (Å²) in [5, 5.41) is 4.28. The molecule has 0 aliphatic carbocycles. The van der Waals surface area contributed by atoms with Gasteiger partial charge in [0, 0.05) is 0 Å². The van der Waals surface area contributed by atoms with Crippen LogP contribution in [0.2, 0.25) is 0 Å². The van der Waals surface area contributed by atoms with Crippen LogP contribution in [-0.2, 0) is 13.6 Å². The smallest absolute Gasteiger partial charge is 0.155 e. The third-order valence-corrected chi connectivity index (χ3v) is 2.45. The lowest BCUT2D eigenvalue weighted by molar-refractivity contribution is -0.732. The fourth-order valence-electron chi connectivity index (χ4n) is 1.59. The molecular weight excluding hydrogens is 210 g/mol. The molecule has 0 bridgehead atoms. The Balaban J connectivity index is 0.00000196. The maximum atomic E-state index is 4.28. The molecule has 15 heavy (non-hydrogen) atoms. The zero-order valence-corrected chi connectivity index (χ0v) is 10.6. The summed E-state index contributed by atoms with van der Waals surface area (Å²) in [4.78, 5) is 0. The lowest BCUT2D eigenvalue weighted by Gasteiger charge is -1.97. The van der Waals surface area contributed by atoms with E-state index in [-0.39, 0.29) is 12.4 Å². The van der Waals surface area contributed by atoms with Gasteiger partial charge in [0.05, 0.1) is 5.21 Å². The molecule has 1 aromatic rings. The number of rotatable bonds is 7. The third-order valence-electron chi connectivity index (χ3n) is 2.45. The van der Waals surface area contributed by atoms with Gasteiger partial charge < -0.3 is 12.4 Å². The Labute approximate surface area is 98.9 Å². The summed E-state index contributed by atoms with van der Waals surface area (Å²) in [5.41, 5.74) is 0. The minimum Gasteiger partial charge on any atom is -1.00 e. The topological polar surface area (TPSA) is 21.7 Å². The number of nitrogens with zero attached hydrogens (tertiary/aromatic N) is 3. The fraction of sp³-hybridized carbons (Fsp3) is 0.818. The van der Waals surface area contributed by atoms with Crippen molar-refractivity contribution in [1.29, 1.82) is 0 Å². The SMILES string of the molecule is CCCCCCCCn1cc[n+](C)n1.[Cl-]. The summed E-state index contributed by atoms with van der Waals surface area (Å²) in [6.07, 6.45) is 12.1. The van der Waals surface area contributed by atoms with Gasteiger partial charge in [0.25, 0.3) is 0 Å². The van der Waals surface area contributed by atoms with Crippen molar-refractivity contribution < 1.29 is 17.1 Å². The summed E-state index contributed by atoms with van der Waals surface area (Å²) in [6.45, 7) is 3.32. The van der Waals surface area contributed by atoms with Crippen molar-refractivity contribution in [2.45, 2.75) is 52.0 Å². The molecule has 1 aromatic heterocycles. The molecule has 0 radical (unpaired) electrons. The number of aryl methyl sites for hydroxylation is 2. The molecule has 0 N–H and O–H groups in total. The minimum absolute atomic E-state index is 0. The van der Waals surface area contributed by atoms with E-state index in [0.717, 1.165) is 6.54 Å². The molecule has 0 saturated carbocycles. The third kappa shape index (κ3) is 6.50. The number of aromatic nitrogens is 3. The summed E-state index contributed by atoms with van der Waals surface area (Å²) in [5.74, 6) is 0. The second-order valence-corrected chi connectivity index (χ2v) is 3.89. The van der Waals surface area contributed by atoms with Crippen LogP contribution in [0.4, 0.5) is 0 Å². The van der Waals surface area contributed by atoms with Crippen LogP contribution in [0.5, 0.6) is 0 Å². The van der Waals surface area contributed by atoms with Crippen molar-refractivity contribution in [2.75, 3.05) is 0 Å². The Morgan fingerprint density at radius 3 is 2.40 bits per heavy atom. The van der Waals surface area contributed by atoms with E-state index in [2.05, 4.69) is 12.1 Å². The first-order valence-electron chi connectivity index (χ1n) is 5.72. The molecule has 0 spiro atoms. The van der Waals surface area contributed by atoms with Gasteiger partial charge in [-0.05, 0) is 12.8 Å². The normalized spacial score (nSPS) is 10.0. The monoisotopic (exact) mass is 231 g/mol. The predicted molar refractivity (Wildman–Crippen MR) is 56.8 cm³/mol. The Kier molecular flexibility index (Phi) is 8.38. The molecule has 88 valence electrons. The summed E-state index contributed by atoms with van der Waals surface area (Å²) < 4.78 is 3.86. The average Bonchev–Trinajstić information content (AvgIpc) is 2.58. The second-order valence-electron chi connectivity index (χ2n) is 3.89. The highest BCUT2D eigenvalue weighted by Crippen LogP contribution is 2.05. The zero-order valence-electron chi connectivity index (χ0n) is 9.82. The highest BCUT2D eigenvalue weighted by molar-refractivity contribution is 4.57. The van der Waals surface area contributed by atoms with Gasteiger partial charge in [-0.15, -0.1) is 9.36 Å². The number of halogens is 1. The number of hydrogen-bond donors (Lipinski definition) is 0. The highest BCUT2D eigenvalue weighted by atomic mass is 35.5. The van der Waals surface area contributed by atoms with Crippen LogP contribution < -0.4 is 17.1 Å². The molecule has 3 nitrogen and oxygen atoms in total. The summed E-state index contributed by atoms with van der Waals surface area (Å²) >= 11 is 0. The van der Waals surface area contributed by atoms with Gasteiger partial charge in [0.15, 0.2) is 12.4 Å². The molecular formula is C11H22ClN3. The largest absolute Gasteiger partial charge is 1.00 e. The second kappa shape index (κ2) is 8.72. The fourth-order valence-corrected chi connectivity index (χ4v) is 1.59. The number of unbranched alkanes of at least 4 members (excludes halogenated alkanes) is 5. The van der Waals surface area contributed by atoms with Gasteiger partial charge in [-0.2, -0.15) is 0 Å². The highest BCUT2D eigenvalue weighted by Gasteiger charge is 2.00. The maximum absolute atomic E-state index is 4.28. The van der Waals surface area contributed by atoms with Gasteiger partial charge in [-0.1, -0.05) is 32.6 Å². The molecule has 0 aliphatic rings. The molecule has 4 heteroatoms. The average molecular weight is 232 g/mol. The summed E-state index contributed by atoms with van der Waals surface area (Å²) in [7, 11) is 1.96. The maximum Gasteiger partial charge on any atom is 0.155 e. The molecule has 0 aliphatic heterocycles. The predicted octanol–water partition coefficient (Wildman–Crippen LogP) is -0.928. The van der Waals surface area contributed by atoms with E-state index in [4.69, 9.17) is 0 Å². The van der Waals surface area contributed by atoms with E-state index in [0.29, 0.717) is 0 Å². The minimum atomic E-state index is 0. The lowest BCUT2D eigenvalue weighted by Crippen LogP contribution is -3.00. The van der Waals surface area contributed by atoms with Crippen LogP contribution in [0.1, 0.15) is 45.4 Å². The van der Waals surface area contributed by atoms with Gasteiger partial charge in [-0.25, -0.2) is 0 Å². The van der Waals surface area contributed by atoms with Gasteiger partial charge in [-0.3, -0.25) is 0 Å². The molecule has 0 saturated heterocycles. The van der Waals surface area contributed by atoms with Crippen molar-refractivity contribution in [3.8, 4) is 0 Å². The van der Waals surface area contributed by atoms with E-state index in [1.807, 2.05) is 28.8 Å². The zero-order chi connectivity index (χ0) is 10.2. The van der Waals surface area contributed by atoms with E-state index < -0.39 is 0 Å². The van der Waals surface area contributed by atoms with Crippen LogP contribution in [0, 0.1) is 0 Å². The van der Waals surface area contributed by atoms with Crippen LogP contribution in [0.15, 0.2) is 12.4 Å². The van der Waals surface area contributed by atoms with Gasteiger partial charge in [0.1, 0.15) is 13.6 Å². The van der Waals surface area contributed by atoms with E-state index >= 15 is 0 Å². The van der Waals surface area contributed by atoms with E-state index in [1.165, 1.54) is 38.5 Å². The van der Waals surface area contributed by atoms with Crippen LogP contribution in [0.25, 0.3) is 0 Å². The van der Waals surface area contributed by atoms with Crippen LogP contribution >= 0.6 is 0 Å².